The summed E-state index contributed by atoms with van der Waals surface area (Å²) < 4.78 is 11.1. The SMILES string of the molecule is CC(C)Oc1ccc(C(C)NCc2cccc(N3CCOCC3)n2)cc1Cl. The molecule has 1 N–H and O–H groups in total. The van der Waals surface area contributed by atoms with Gasteiger partial charge in [0.15, 0.2) is 0 Å². The number of ether oxygens (including phenoxy) is 2. The molecule has 1 fully saturated rings. The van der Waals surface area contributed by atoms with Crippen molar-refractivity contribution in [2.45, 2.75) is 39.5 Å². The van der Waals surface area contributed by atoms with Crippen molar-refractivity contribution in [3.8, 4) is 5.75 Å². The zero-order chi connectivity index (χ0) is 19.2. The van der Waals surface area contributed by atoms with Gasteiger partial charge < -0.3 is 19.7 Å². The third kappa shape index (κ3) is 5.58. The molecule has 0 saturated carbocycles. The molecule has 1 aromatic carbocycles. The van der Waals surface area contributed by atoms with Crippen LogP contribution < -0.4 is 15.0 Å². The summed E-state index contributed by atoms with van der Waals surface area (Å²) in [6, 6.07) is 12.3. The largest absolute Gasteiger partial charge is 0.489 e. The van der Waals surface area contributed by atoms with E-state index in [2.05, 4.69) is 41.4 Å². The Bertz CT molecular complexity index is 748. The molecular weight excluding hydrogens is 362 g/mol. The van der Waals surface area contributed by atoms with Crippen LogP contribution in [0.25, 0.3) is 0 Å². The van der Waals surface area contributed by atoms with Gasteiger partial charge in [0.1, 0.15) is 11.6 Å². The second kappa shape index (κ2) is 9.40. The number of aromatic nitrogens is 1. The summed E-state index contributed by atoms with van der Waals surface area (Å²) in [4.78, 5) is 7.06. The van der Waals surface area contributed by atoms with Crippen molar-refractivity contribution < 1.29 is 9.47 Å². The number of benzene rings is 1. The van der Waals surface area contributed by atoms with Crippen molar-refractivity contribution >= 4 is 17.4 Å². The van der Waals surface area contributed by atoms with Crippen LogP contribution >= 0.6 is 11.6 Å². The molecule has 146 valence electrons. The van der Waals surface area contributed by atoms with E-state index in [-0.39, 0.29) is 12.1 Å². The highest BCUT2D eigenvalue weighted by Gasteiger charge is 2.13. The Morgan fingerprint density at radius 1 is 1.19 bits per heavy atom. The van der Waals surface area contributed by atoms with E-state index in [1.165, 1.54) is 0 Å². The summed E-state index contributed by atoms with van der Waals surface area (Å²) in [5.41, 5.74) is 2.15. The van der Waals surface area contributed by atoms with Crippen LogP contribution in [0.2, 0.25) is 5.02 Å². The van der Waals surface area contributed by atoms with Crippen LogP contribution in [0.5, 0.6) is 5.75 Å². The molecule has 1 aliphatic heterocycles. The van der Waals surface area contributed by atoms with E-state index in [1.807, 2.05) is 26.0 Å². The van der Waals surface area contributed by atoms with Gasteiger partial charge in [0.2, 0.25) is 0 Å². The predicted octanol–water partition coefficient (Wildman–Crippen LogP) is 4.21. The molecule has 1 atom stereocenters. The van der Waals surface area contributed by atoms with Gasteiger partial charge in [-0.3, -0.25) is 0 Å². The Labute approximate surface area is 166 Å². The number of pyridine rings is 1. The van der Waals surface area contributed by atoms with E-state index < -0.39 is 0 Å². The molecule has 2 heterocycles. The summed E-state index contributed by atoms with van der Waals surface area (Å²) in [5, 5.41) is 4.17. The molecule has 1 unspecified atom stereocenters. The Kier molecular flexibility index (Phi) is 6.94. The molecule has 5 nitrogen and oxygen atoms in total. The quantitative estimate of drug-likeness (QED) is 0.768. The van der Waals surface area contributed by atoms with Crippen LogP contribution in [0.3, 0.4) is 0 Å². The van der Waals surface area contributed by atoms with Gasteiger partial charge in [0.25, 0.3) is 0 Å². The Morgan fingerprint density at radius 3 is 2.67 bits per heavy atom. The molecule has 1 aromatic heterocycles. The highest BCUT2D eigenvalue weighted by molar-refractivity contribution is 6.32. The topological polar surface area (TPSA) is 46.6 Å². The summed E-state index contributed by atoms with van der Waals surface area (Å²) in [7, 11) is 0. The Hall–Kier alpha value is -1.82. The minimum absolute atomic E-state index is 0.105. The summed E-state index contributed by atoms with van der Waals surface area (Å²) >= 11 is 6.36. The second-order valence-electron chi connectivity index (χ2n) is 7.05. The van der Waals surface area contributed by atoms with Gasteiger partial charge in [-0.25, -0.2) is 4.98 Å². The summed E-state index contributed by atoms with van der Waals surface area (Å²) in [6.07, 6.45) is 0.105. The van der Waals surface area contributed by atoms with E-state index in [0.29, 0.717) is 11.6 Å². The lowest BCUT2D eigenvalue weighted by Gasteiger charge is -2.28. The number of hydrogen-bond acceptors (Lipinski definition) is 5. The van der Waals surface area contributed by atoms with Crippen molar-refractivity contribution in [2.24, 2.45) is 0 Å². The first-order chi connectivity index (χ1) is 13.0. The average Bonchev–Trinajstić information content (AvgIpc) is 2.68. The van der Waals surface area contributed by atoms with Gasteiger partial charge >= 0.3 is 0 Å². The maximum atomic E-state index is 6.36. The molecular formula is C21H28ClN3O2. The number of morpholine rings is 1. The summed E-state index contributed by atoms with van der Waals surface area (Å²) in [5.74, 6) is 1.74. The number of rotatable bonds is 7. The summed E-state index contributed by atoms with van der Waals surface area (Å²) in [6.45, 7) is 10.1. The van der Waals surface area contributed by atoms with Crippen LogP contribution in [0, 0.1) is 0 Å². The third-order valence-electron chi connectivity index (χ3n) is 4.54. The van der Waals surface area contributed by atoms with Gasteiger partial charge in [0, 0.05) is 25.7 Å². The minimum atomic E-state index is 0.105. The molecule has 0 bridgehead atoms. The lowest BCUT2D eigenvalue weighted by molar-refractivity contribution is 0.122. The molecule has 0 amide bonds. The fraction of sp³-hybridized carbons (Fsp3) is 0.476. The molecule has 6 heteroatoms. The second-order valence-corrected chi connectivity index (χ2v) is 7.45. The number of nitrogens with zero attached hydrogens (tertiary/aromatic N) is 2. The molecule has 3 rings (SSSR count). The molecule has 1 aliphatic rings. The Balaban J connectivity index is 1.60. The van der Waals surface area contributed by atoms with Crippen molar-refractivity contribution in [3.63, 3.8) is 0 Å². The lowest BCUT2D eigenvalue weighted by atomic mass is 10.1. The van der Waals surface area contributed by atoms with Crippen molar-refractivity contribution in [2.75, 3.05) is 31.2 Å². The van der Waals surface area contributed by atoms with E-state index in [4.69, 9.17) is 26.1 Å². The van der Waals surface area contributed by atoms with Crippen molar-refractivity contribution in [3.05, 3.63) is 52.7 Å². The maximum absolute atomic E-state index is 6.36. The highest BCUT2D eigenvalue weighted by atomic mass is 35.5. The van der Waals surface area contributed by atoms with Gasteiger partial charge in [-0.1, -0.05) is 23.7 Å². The first kappa shape index (κ1) is 19.9. The van der Waals surface area contributed by atoms with Crippen LogP contribution in [-0.4, -0.2) is 37.4 Å². The van der Waals surface area contributed by atoms with Crippen molar-refractivity contribution in [1.82, 2.24) is 10.3 Å². The molecule has 2 aromatic rings. The fourth-order valence-electron chi connectivity index (χ4n) is 3.05. The normalized spacial score (nSPS) is 15.8. The van der Waals surface area contributed by atoms with Gasteiger partial charge in [-0.15, -0.1) is 0 Å². The first-order valence-electron chi connectivity index (χ1n) is 9.51. The molecule has 0 spiro atoms. The lowest BCUT2D eigenvalue weighted by Crippen LogP contribution is -2.36. The predicted molar refractivity (Wildman–Crippen MR) is 110 cm³/mol. The smallest absolute Gasteiger partial charge is 0.138 e. The van der Waals surface area contributed by atoms with Crippen LogP contribution in [0.15, 0.2) is 36.4 Å². The van der Waals surface area contributed by atoms with Crippen molar-refractivity contribution in [1.29, 1.82) is 0 Å². The first-order valence-corrected chi connectivity index (χ1v) is 9.89. The maximum Gasteiger partial charge on any atom is 0.138 e. The van der Waals surface area contributed by atoms with E-state index >= 15 is 0 Å². The number of nitrogens with one attached hydrogen (secondary N) is 1. The highest BCUT2D eigenvalue weighted by Crippen LogP contribution is 2.28. The zero-order valence-corrected chi connectivity index (χ0v) is 17.0. The molecule has 0 aliphatic carbocycles. The van der Waals surface area contributed by atoms with Gasteiger partial charge in [0.05, 0.1) is 30.0 Å². The van der Waals surface area contributed by atoms with Gasteiger partial charge in [-0.2, -0.15) is 0 Å². The number of halogens is 1. The number of hydrogen-bond donors (Lipinski definition) is 1. The van der Waals surface area contributed by atoms with E-state index in [1.54, 1.807) is 0 Å². The van der Waals surface area contributed by atoms with Crippen LogP contribution in [0.4, 0.5) is 5.82 Å². The van der Waals surface area contributed by atoms with Crippen LogP contribution in [-0.2, 0) is 11.3 Å². The Morgan fingerprint density at radius 2 is 1.96 bits per heavy atom. The average molecular weight is 390 g/mol. The third-order valence-corrected chi connectivity index (χ3v) is 4.83. The van der Waals surface area contributed by atoms with E-state index in [9.17, 15) is 0 Å². The zero-order valence-electron chi connectivity index (χ0n) is 16.2. The number of anilines is 1. The minimum Gasteiger partial charge on any atom is -0.489 e. The van der Waals surface area contributed by atoms with E-state index in [0.717, 1.165) is 49.1 Å². The molecule has 27 heavy (non-hydrogen) atoms. The monoisotopic (exact) mass is 389 g/mol. The van der Waals surface area contributed by atoms with Crippen LogP contribution in [0.1, 0.15) is 38.1 Å². The molecule has 1 saturated heterocycles. The van der Waals surface area contributed by atoms with Gasteiger partial charge in [-0.05, 0) is 50.6 Å². The molecule has 0 radical (unpaired) electrons. The standard InChI is InChI=1S/C21H28ClN3O2/c1-15(2)27-20-8-7-17(13-19(20)22)16(3)23-14-18-5-4-6-21(24-18)25-9-11-26-12-10-25/h4-8,13,15-16,23H,9-12,14H2,1-3H3. The fourth-order valence-corrected chi connectivity index (χ4v) is 3.28.